The third kappa shape index (κ3) is 2.28. The second kappa shape index (κ2) is 4.55. The van der Waals surface area contributed by atoms with Crippen molar-refractivity contribution in [3.8, 4) is 0 Å². The molecule has 0 radical (unpaired) electrons. The van der Waals surface area contributed by atoms with Crippen molar-refractivity contribution >= 4 is 0 Å². The van der Waals surface area contributed by atoms with Gasteiger partial charge in [0.1, 0.15) is 0 Å². The molecule has 0 aromatic carbocycles. The number of aryl methyl sites for hydroxylation is 2. The molecule has 0 aliphatic carbocycles. The number of rotatable bonds is 2. The fourth-order valence-corrected chi connectivity index (χ4v) is 2.50. The van der Waals surface area contributed by atoms with Gasteiger partial charge < -0.3 is 5.73 Å². The van der Waals surface area contributed by atoms with Gasteiger partial charge in [-0.1, -0.05) is 0 Å². The Labute approximate surface area is 97.4 Å². The van der Waals surface area contributed by atoms with Gasteiger partial charge >= 0.3 is 0 Å². The largest absolute Gasteiger partial charge is 0.327 e. The van der Waals surface area contributed by atoms with E-state index in [1.54, 1.807) is 0 Å². The standard InChI is InChI=1S/C12H22N4/c1-9-12(10(2)15(3)14-9)8-16-6-4-5-11(13)7-16/h11H,4-8,13H2,1-3H3. The molecule has 1 aromatic rings. The third-order valence-electron chi connectivity index (χ3n) is 3.58. The molecule has 1 aliphatic rings. The van der Waals surface area contributed by atoms with E-state index in [1.165, 1.54) is 30.6 Å². The van der Waals surface area contributed by atoms with Crippen LogP contribution in [0.5, 0.6) is 0 Å². The van der Waals surface area contributed by atoms with Crippen molar-refractivity contribution in [1.29, 1.82) is 0 Å². The van der Waals surface area contributed by atoms with Gasteiger partial charge in [0.15, 0.2) is 0 Å². The smallest absolute Gasteiger partial charge is 0.0641 e. The summed E-state index contributed by atoms with van der Waals surface area (Å²) < 4.78 is 1.97. The van der Waals surface area contributed by atoms with Crippen molar-refractivity contribution in [2.24, 2.45) is 12.8 Å². The van der Waals surface area contributed by atoms with Gasteiger partial charge in [0.2, 0.25) is 0 Å². The molecule has 90 valence electrons. The molecule has 1 saturated heterocycles. The van der Waals surface area contributed by atoms with Crippen LogP contribution in [-0.2, 0) is 13.6 Å². The summed E-state index contributed by atoms with van der Waals surface area (Å²) in [6, 6.07) is 0.353. The van der Waals surface area contributed by atoms with Crippen LogP contribution in [0.15, 0.2) is 0 Å². The van der Waals surface area contributed by atoms with E-state index in [0.29, 0.717) is 6.04 Å². The van der Waals surface area contributed by atoms with Gasteiger partial charge in [-0.3, -0.25) is 9.58 Å². The van der Waals surface area contributed by atoms with Gasteiger partial charge in [-0.15, -0.1) is 0 Å². The van der Waals surface area contributed by atoms with Crippen LogP contribution in [-0.4, -0.2) is 33.8 Å². The minimum atomic E-state index is 0.353. The highest BCUT2D eigenvalue weighted by atomic mass is 15.3. The summed E-state index contributed by atoms with van der Waals surface area (Å²) in [6.07, 6.45) is 2.39. The highest BCUT2D eigenvalue weighted by Gasteiger charge is 2.19. The summed E-state index contributed by atoms with van der Waals surface area (Å²) in [7, 11) is 2.01. The average Bonchev–Trinajstić information content (AvgIpc) is 2.45. The quantitative estimate of drug-likeness (QED) is 0.811. The molecule has 1 atom stereocenters. The Kier molecular flexibility index (Phi) is 3.30. The Morgan fingerprint density at radius 1 is 1.44 bits per heavy atom. The molecular weight excluding hydrogens is 200 g/mol. The van der Waals surface area contributed by atoms with Gasteiger partial charge in [-0.05, 0) is 33.2 Å². The van der Waals surface area contributed by atoms with E-state index < -0.39 is 0 Å². The molecule has 16 heavy (non-hydrogen) atoms. The zero-order valence-corrected chi connectivity index (χ0v) is 10.5. The summed E-state index contributed by atoms with van der Waals surface area (Å²) >= 11 is 0. The van der Waals surface area contributed by atoms with Crippen LogP contribution in [0.4, 0.5) is 0 Å². The first-order valence-electron chi connectivity index (χ1n) is 6.05. The fraction of sp³-hybridized carbons (Fsp3) is 0.750. The normalized spacial score (nSPS) is 22.6. The first-order chi connectivity index (χ1) is 7.58. The topological polar surface area (TPSA) is 47.1 Å². The number of hydrogen-bond acceptors (Lipinski definition) is 3. The Morgan fingerprint density at radius 2 is 2.19 bits per heavy atom. The van der Waals surface area contributed by atoms with E-state index >= 15 is 0 Å². The van der Waals surface area contributed by atoms with E-state index in [9.17, 15) is 0 Å². The van der Waals surface area contributed by atoms with Crippen LogP contribution >= 0.6 is 0 Å². The monoisotopic (exact) mass is 222 g/mol. The van der Waals surface area contributed by atoms with Gasteiger partial charge in [0.05, 0.1) is 5.69 Å². The van der Waals surface area contributed by atoms with Gasteiger partial charge in [-0.2, -0.15) is 5.10 Å². The first kappa shape index (κ1) is 11.6. The molecule has 1 fully saturated rings. The Hall–Kier alpha value is -0.870. The highest BCUT2D eigenvalue weighted by molar-refractivity contribution is 5.24. The van der Waals surface area contributed by atoms with E-state index in [2.05, 4.69) is 23.8 Å². The van der Waals surface area contributed by atoms with Crippen molar-refractivity contribution in [1.82, 2.24) is 14.7 Å². The highest BCUT2D eigenvalue weighted by Crippen LogP contribution is 2.17. The van der Waals surface area contributed by atoms with E-state index in [1.807, 2.05) is 11.7 Å². The fourth-order valence-electron chi connectivity index (χ4n) is 2.50. The maximum absolute atomic E-state index is 6.00. The number of hydrogen-bond donors (Lipinski definition) is 1. The molecule has 0 amide bonds. The molecule has 0 bridgehead atoms. The molecule has 1 aliphatic heterocycles. The van der Waals surface area contributed by atoms with E-state index in [-0.39, 0.29) is 0 Å². The Balaban J connectivity index is 2.08. The number of likely N-dealkylation sites (tertiary alicyclic amines) is 1. The summed E-state index contributed by atoms with van der Waals surface area (Å²) in [5.41, 5.74) is 9.80. The summed E-state index contributed by atoms with van der Waals surface area (Å²) in [5, 5.41) is 4.45. The molecule has 0 spiro atoms. The van der Waals surface area contributed by atoms with Crippen LogP contribution < -0.4 is 5.73 Å². The van der Waals surface area contributed by atoms with Crippen molar-refractivity contribution in [3.05, 3.63) is 17.0 Å². The van der Waals surface area contributed by atoms with Crippen molar-refractivity contribution < 1.29 is 0 Å². The number of piperidine rings is 1. The van der Waals surface area contributed by atoms with E-state index in [0.717, 1.165) is 18.8 Å². The zero-order chi connectivity index (χ0) is 11.7. The maximum Gasteiger partial charge on any atom is 0.0641 e. The lowest BCUT2D eigenvalue weighted by atomic mass is 10.1. The molecule has 4 heteroatoms. The van der Waals surface area contributed by atoms with Gasteiger partial charge in [-0.25, -0.2) is 0 Å². The second-order valence-electron chi connectivity index (χ2n) is 4.91. The molecule has 1 unspecified atom stereocenters. The van der Waals surface area contributed by atoms with Gasteiger partial charge in [0, 0.05) is 37.4 Å². The molecule has 2 heterocycles. The minimum absolute atomic E-state index is 0.353. The van der Waals surface area contributed by atoms with Crippen LogP contribution in [0, 0.1) is 13.8 Å². The number of aromatic nitrogens is 2. The summed E-state index contributed by atoms with van der Waals surface area (Å²) in [5.74, 6) is 0. The van der Waals surface area contributed by atoms with Crippen molar-refractivity contribution in [2.75, 3.05) is 13.1 Å². The number of nitrogens with zero attached hydrogens (tertiary/aromatic N) is 3. The Morgan fingerprint density at radius 3 is 2.75 bits per heavy atom. The van der Waals surface area contributed by atoms with Crippen molar-refractivity contribution in [3.63, 3.8) is 0 Å². The van der Waals surface area contributed by atoms with Gasteiger partial charge in [0.25, 0.3) is 0 Å². The molecule has 0 saturated carbocycles. The zero-order valence-electron chi connectivity index (χ0n) is 10.5. The summed E-state index contributed by atoms with van der Waals surface area (Å²) in [6.45, 7) is 7.42. The van der Waals surface area contributed by atoms with Crippen LogP contribution in [0.25, 0.3) is 0 Å². The molecule has 2 rings (SSSR count). The van der Waals surface area contributed by atoms with Crippen molar-refractivity contribution in [2.45, 2.75) is 39.3 Å². The lowest BCUT2D eigenvalue weighted by Crippen LogP contribution is -2.42. The molecule has 1 aromatic heterocycles. The predicted octanol–water partition coefficient (Wildman–Crippen LogP) is 0.960. The SMILES string of the molecule is Cc1nn(C)c(C)c1CN1CCCC(N)C1. The Bertz CT molecular complexity index is 369. The third-order valence-corrected chi connectivity index (χ3v) is 3.58. The van der Waals surface area contributed by atoms with Crippen LogP contribution in [0.2, 0.25) is 0 Å². The first-order valence-corrected chi connectivity index (χ1v) is 6.05. The molecule has 2 N–H and O–H groups in total. The van der Waals surface area contributed by atoms with Crippen LogP contribution in [0.3, 0.4) is 0 Å². The van der Waals surface area contributed by atoms with E-state index in [4.69, 9.17) is 5.73 Å². The summed E-state index contributed by atoms with van der Waals surface area (Å²) in [4.78, 5) is 2.45. The predicted molar refractivity (Wildman–Crippen MR) is 65.2 cm³/mol. The second-order valence-corrected chi connectivity index (χ2v) is 4.91. The minimum Gasteiger partial charge on any atom is -0.327 e. The average molecular weight is 222 g/mol. The molecule has 4 nitrogen and oxygen atoms in total. The maximum atomic E-state index is 6.00. The number of nitrogens with two attached hydrogens (primary N) is 1. The lowest BCUT2D eigenvalue weighted by Gasteiger charge is -2.30. The lowest BCUT2D eigenvalue weighted by molar-refractivity contribution is 0.201. The van der Waals surface area contributed by atoms with Crippen LogP contribution in [0.1, 0.15) is 29.8 Å². The molecular formula is C12H22N4.